The van der Waals surface area contributed by atoms with Crippen LogP contribution in [0.5, 0.6) is 0 Å². The molecule has 0 saturated carbocycles. The second kappa shape index (κ2) is 5.38. The first-order valence-electron chi connectivity index (χ1n) is 5.10. The molecule has 1 aromatic carbocycles. The second-order valence-corrected chi connectivity index (χ2v) is 3.58. The molecule has 1 atom stereocenters. The number of benzene rings is 1. The lowest BCUT2D eigenvalue weighted by Gasteiger charge is -2.11. The minimum Gasteiger partial charge on any atom is -0.391 e. The molecule has 0 aromatic heterocycles. The van der Waals surface area contributed by atoms with Gasteiger partial charge in [0.1, 0.15) is 0 Å². The highest BCUT2D eigenvalue weighted by Gasteiger charge is 2.02. The van der Waals surface area contributed by atoms with Gasteiger partial charge in [-0.15, -0.1) is 0 Å². The molecule has 0 bridgehead atoms. The van der Waals surface area contributed by atoms with Gasteiger partial charge in [0.2, 0.25) is 0 Å². The van der Waals surface area contributed by atoms with E-state index >= 15 is 0 Å². The van der Waals surface area contributed by atoms with Gasteiger partial charge in [0.15, 0.2) is 0 Å². The number of aliphatic hydroxyl groups is 1. The zero-order chi connectivity index (χ0) is 11.3. The van der Waals surface area contributed by atoms with Crippen LogP contribution in [0.25, 0.3) is 0 Å². The van der Waals surface area contributed by atoms with Crippen LogP contribution in [0, 0.1) is 18.3 Å². The molecule has 0 aliphatic carbocycles. The van der Waals surface area contributed by atoms with Crippen molar-refractivity contribution in [3.63, 3.8) is 0 Å². The SMILES string of the molecule is CCC(O)CNc1ccc(C#N)c(C)c1. The number of hydrogen-bond acceptors (Lipinski definition) is 3. The lowest BCUT2D eigenvalue weighted by atomic mass is 10.1. The van der Waals surface area contributed by atoms with E-state index in [-0.39, 0.29) is 6.10 Å². The molecule has 0 saturated heterocycles. The van der Waals surface area contributed by atoms with E-state index in [0.717, 1.165) is 17.7 Å². The standard InChI is InChI=1S/C12H16N2O/c1-3-12(15)8-14-11-5-4-10(7-13)9(2)6-11/h4-6,12,14-15H,3,8H2,1-2H3. The molecule has 0 aliphatic heterocycles. The Labute approximate surface area is 90.4 Å². The molecule has 0 heterocycles. The van der Waals surface area contributed by atoms with Crippen molar-refractivity contribution >= 4 is 5.69 Å². The predicted octanol–water partition coefficient (Wildman–Crippen LogP) is 2.05. The Morgan fingerprint density at radius 2 is 2.27 bits per heavy atom. The molecular formula is C12H16N2O. The summed E-state index contributed by atoms with van der Waals surface area (Å²) in [6.45, 7) is 4.39. The summed E-state index contributed by atoms with van der Waals surface area (Å²) >= 11 is 0. The van der Waals surface area contributed by atoms with E-state index in [2.05, 4.69) is 11.4 Å². The highest BCUT2D eigenvalue weighted by molar-refractivity contribution is 5.51. The van der Waals surface area contributed by atoms with E-state index in [1.54, 1.807) is 6.07 Å². The normalized spacial score (nSPS) is 11.9. The smallest absolute Gasteiger partial charge is 0.0994 e. The van der Waals surface area contributed by atoms with Crippen LogP contribution in [-0.2, 0) is 0 Å². The maximum absolute atomic E-state index is 9.37. The fourth-order valence-corrected chi connectivity index (χ4v) is 1.28. The van der Waals surface area contributed by atoms with Gasteiger partial charge in [-0.2, -0.15) is 5.26 Å². The van der Waals surface area contributed by atoms with Gasteiger partial charge in [-0.25, -0.2) is 0 Å². The lowest BCUT2D eigenvalue weighted by Crippen LogP contribution is -2.18. The molecular weight excluding hydrogens is 188 g/mol. The Balaban J connectivity index is 2.64. The maximum Gasteiger partial charge on any atom is 0.0994 e. The lowest BCUT2D eigenvalue weighted by molar-refractivity contribution is 0.183. The fourth-order valence-electron chi connectivity index (χ4n) is 1.28. The van der Waals surface area contributed by atoms with Gasteiger partial charge < -0.3 is 10.4 Å². The van der Waals surface area contributed by atoms with E-state index in [9.17, 15) is 5.11 Å². The van der Waals surface area contributed by atoms with E-state index in [4.69, 9.17) is 5.26 Å². The number of aryl methyl sites for hydroxylation is 1. The zero-order valence-corrected chi connectivity index (χ0v) is 9.12. The van der Waals surface area contributed by atoms with Crippen molar-refractivity contribution in [2.24, 2.45) is 0 Å². The molecule has 0 radical (unpaired) electrons. The predicted molar refractivity (Wildman–Crippen MR) is 60.7 cm³/mol. The first-order valence-corrected chi connectivity index (χ1v) is 5.10. The third-order valence-corrected chi connectivity index (χ3v) is 2.36. The molecule has 0 fully saturated rings. The minimum atomic E-state index is -0.319. The minimum absolute atomic E-state index is 0.319. The summed E-state index contributed by atoms with van der Waals surface area (Å²) in [5, 5.41) is 21.3. The van der Waals surface area contributed by atoms with Crippen LogP contribution in [0.15, 0.2) is 18.2 Å². The number of hydrogen-bond donors (Lipinski definition) is 2. The van der Waals surface area contributed by atoms with Crippen molar-refractivity contribution in [1.82, 2.24) is 0 Å². The van der Waals surface area contributed by atoms with E-state index in [1.807, 2.05) is 26.0 Å². The van der Waals surface area contributed by atoms with Crippen molar-refractivity contribution in [3.8, 4) is 6.07 Å². The van der Waals surface area contributed by atoms with Crippen molar-refractivity contribution in [3.05, 3.63) is 29.3 Å². The second-order valence-electron chi connectivity index (χ2n) is 3.58. The van der Waals surface area contributed by atoms with Crippen molar-refractivity contribution in [2.75, 3.05) is 11.9 Å². The van der Waals surface area contributed by atoms with Crippen LogP contribution < -0.4 is 5.32 Å². The number of nitrogens with one attached hydrogen (secondary N) is 1. The molecule has 2 N–H and O–H groups in total. The number of nitrogens with zero attached hydrogens (tertiary/aromatic N) is 1. The van der Waals surface area contributed by atoms with Gasteiger partial charge in [0.25, 0.3) is 0 Å². The summed E-state index contributed by atoms with van der Waals surface area (Å²) in [4.78, 5) is 0. The number of anilines is 1. The Morgan fingerprint density at radius 3 is 2.80 bits per heavy atom. The number of aliphatic hydroxyl groups excluding tert-OH is 1. The van der Waals surface area contributed by atoms with Crippen molar-refractivity contribution in [2.45, 2.75) is 26.4 Å². The maximum atomic E-state index is 9.37. The third kappa shape index (κ3) is 3.26. The quantitative estimate of drug-likeness (QED) is 0.789. The molecule has 1 unspecified atom stereocenters. The molecule has 15 heavy (non-hydrogen) atoms. The highest BCUT2D eigenvalue weighted by atomic mass is 16.3. The van der Waals surface area contributed by atoms with Crippen molar-refractivity contribution < 1.29 is 5.11 Å². The molecule has 0 aliphatic rings. The summed E-state index contributed by atoms with van der Waals surface area (Å²) in [6, 6.07) is 7.68. The summed E-state index contributed by atoms with van der Waals surface area (Å²) in [6.07, 6.45) is 0.420. The van der Waals surface area contributed by atoms with Crippen LogP contribution in [0.3, 0.4) is 0 Å². The van der Waals surface area contributed by atoms with Crippen LogP contribution >= 0.6 is 0 Å². The summed E-state index contributed by atoms with van der Waals surface area (Å²) < 4.78 is 0. The van der Waals surface area contributed by atoms with Gasteiger partial charge in [-0.05, 0) is 37.1 Å². The van der Waals surface area contributed by atoms with Gasteiger partial charge in [-0.1, -0.05) is 6.92 Å². The monoisotopic (exact) mass is 204 g/mol. The Kier molecular flexibility index (Phi) is 4.14. The molecule has 1 aromatic rings. The first-order chi connectivity index (χ1) is 7.17. The topological polar surface area (TPSA) is 56.0 Å². The fraction of sp³-hybridized carbons (Fsp3) is 0.417. The molecule has 0 amide bonds. The zero-order valence-electron chi connectivity index (χ0n) is 9.12. The summed E-state index contributed by atoms with van der Waals surface area (Å²) in [5.74, 6) is 0. The van der Waals surface area contributed by atoms with Crippen LogP contribution in [0.4, 0.5) is 5.69 Å². The Hall–Kier alpha value is -1.53. The Bertz CT molecular complexity index is 368. The van der Waals surface area contributed by atoms with Gasteiger partial charge in [0.05, 0.1) is 17.7 Å². The largest absolute Gasteiger partial charge is 0.391 e. The average Bonchev–Trinajstić information content (AvgIpc) is 2.26. The van der Waals surface area contributed by atoms with Crippen molar-refractivity contribution in [1.29, 1.82) is 5.26 Å². The molecule has 0 spiro atoms. The van der Waals surface area contributed by atoms with Crippen LogP contribution in [0.1, 0.15) is 24.5 Å². The molecule has 3 nitrogen and oxygen atoms in total. The average molecular weight is 204 g/mol. The van der Waals surface area contributed by atoms with Gasteiger partial charge in [0, 0.05) is 12.2 Å². The molecule has 3 heteroatoms. The van der Waals surface area contributed by atoms with Gasteiger partial charge >= 0.3 is 0 Å². The van der Waals surface area contributed by atoms with E-state index < -0.39 is 0 Å². The third-order valence-electron chi connectivity index (χ3n) is 2.36. The van der Waals surface area contributed by atoms with Crippen LogP contribution in [0.2, 0.25) is 0 Å². The first kappa shape index (κ1) is 11.5. The number of nitriles is 1. The Morgan fingerprint density at radius 1 is 1.53 bits per heavy atom. The summed E-state index contributed by atoms with van der Waals surface area (Å²) in [7, 11) is 0. The molecule has 1 rings (SSSR count). The van der Waals surface area contributed by atoms with Gasteiger partial charge in [-0.3, -0.25) is 0 Å². The molecule has 80 valence electrons. The van der Waals surface area contributed by atoms with E-state index in [0.29, 0.717) is 12.1 Å². The summed E-state index contributed by atoms with van der Waals surface area (Å²) in [5.41, 5.74) is 2.59. The van der Waals surface area contributed by atoms with Crippen LogP contribution in [-0.4, -0.2) is 17.8 Å². The highest BCUT2D eigenvalue weighted by Crippen LogP contribution is 2.14. The number of rotatable bonds is 4. The van der Waals surface area contributed by atoms with E-state index in [1.165, 1.54) is 0 Å².